The molecule has 7 nitrogen and oxygen atoms in total. The number of halogens is 2. The summed E-state index contributed by atoms with van der Waals surface area (Å²) in [5.74, 6) is 0.378. The number of carbonyl (C=O) groups is 1. The third kappa shape index (κ3) is 11.8. The smallest absolute Gasteiger partial charge is 0.407 e. The highest BCUT2D eigenvalue weighted by atomic mass is 127. The number of guanidine groups is 1. The van der Waals surface area contributed by atoms with Gasteiger partial charge in [0.15, 0.2) is 5.96 Å². The van der Waals surface area contributed by atoms with Gasteiger partial charge in [0.1, 0.15) is 11.4 Å². The zero-order valence-corrected chi connectivity index (χ0v) is 20.5. The summed E-state index contributed by atoms with van der Waals surface area (Å²) in [6.45, 7) is 9.51. The Balaban J connectivity index is 0.00000784. The Kier molecular flexibility index (Phi) is 12.8. The molecule has 1 unspecified atom stereocenters. The van der Waals surface area contributed by atoms with Crippen LogP contribution in [-0.4, -0.2) is 62.8 Å². The fraction of sp³-hybridized carbons (Fsp3) is 0.600. The van der Waals surface area contributed by atoms with Gasteiger partial charge >= 0.3 is 6.09 Å². The van der Waals surface area contributed by atoms with Crippen molar-refractivity contribution in [2.24, 2.45) is 4.99 Å². The summed E-state index contributed by atoms with van der Waals surface area (Å²) in [6, 6.07) is 6.52. The van der Waals surface area contributed by atoms with E-state index in [0.29, 0.717) is 32.1 Å². The van der Waals surface area contributed by atoms with Crippen LogP contribution in [0.5, 0.6) is 0 Å². The van der Waals surface area contributed by atoms with E-state index in [1.165, 1.54) is 12.1 Å². The number of hydrogen-bond acceptors (Lipinski definition) is 4. The number of amides is 1. The van der Waals surface area contributed by atoms with Crippen molar-refractivity contribution in [1.29, 1.82) is 0 Å². The van der Waals surface area contributed by atoms with E-state index in [4.69, 9.17) is 4.74 Å². The van der Waals surface area contributed by atoms with Crippen molar-refractivity contribution in [1.82, 2.24) is 20.9 Å². The Bertz CT molecular complexity index is 650. The SMILES string of the molecule is CCNC(=NCC(c1cccc(F)c1)N(C)C)NCCNC(=O)OC(C)(C)C.I. The van der Waals surface area contributed by atoms with E-state index in [1.54, 1.807) is 6.07 Å². The molecule has 0 aliphatic carbocycles. The second-order valence-electron chi connectivity index (χ2n) is 7.61. The van der Waals surface area contributed by atoms with Crippen molar-refractivity contribution in [2.45, 2.75) is 39.3 Å². The summed E-state index contributed by atoms with van der Waals surface area (Å²) in [4.78, 5) is 18.3. The lowest BCUT2D eigenvalue weighted by molar-refractivity contribution is 0.0529. The van der Waals surface area contributed by atoms with Crippen molar-refractivity contribution in [3.05, 3.63) is 35.6 Å². The molecule has 0 aliphatic rings. The molecule has 1 aromatic rings. The molecule has 1 aromatic carbocycles. The zero-order valence-electron chi connectivity index (χ0n) is 18.2. The van der Waals surface area contributed by atoms with Gasteiger partial charge in [0.25, 0.3) is 0 Å². The first-order valence-corrected chi connectivity index (χ1v) is 9.53. The summed E-state index contributed by atoms with van der Waals surface area (Å²) in [5, 5.41) is 9.04. The third-order valence-corrected chi connectivity index (χ3v) is 3.71. The molecule has 1 atom stereocenters. The van der Waals surface area contributed by atoms with E-state index in [9.17, 15) is 9.18 Å². The number of rotatable bonds is 8. The van der Waals surface area contributed by atoms with Crippen LogP contribution in [0.2, 0.25) is 0 Å². The van der Waals surface area contributed by atoms with Crippen LogP contribution in [0.3, 0.4) is 0 Å². The largest absolute Gasteiger partial charge is 0.444 e. The topological polar surface area (TPSA) is 78.0 Å². The van der Waals surface area contributed by atoms with Crippen molar-refractivity contribution < 1.29 is 13.9 Å². The molecule has 29 heavy (non-hydrogen) atoms. The summed E-state index contributed by atoms with van der Waals surface area (Å²) in [6.07, 6.45) is -0.449. The van der Waals surface area contributed by atoms with Gasteiger partial charge in [0.05, 0.1) is 12.6 Å². The van der Waals surface area contributed by atoms with Crippen LogP contribution in [0, 0.1) is 5.82 Å². The van der Waals surface area contributed by atoms with Gasteiger partial charge < -0.3 is 25.6 Å². The summed E-state index contributed by atoms with van der Waals surface area (Å²) < 4.78 is 18.8. The normalized spacial score (nSPS) is 12.8. The van der Waals surface area contributed by atoms with E-state index in [1.807, 2.05) is 52.8 Å². The van der Waals surface area contributed by atoms with Gasteiger partial charge in [-0.2, -0.15) is 0 Å². The molecular weight excluding hydrogens is 488 g/mol. The molecule has 0 fully saturated rings. The minimum atomic E-state index is -0.522. The van der Waals surface area contributed by atoms with Gasteiger partial charge in [0.2, 0.25) is 0 Å². The molecule has 0 spiro atoms. The Morgan fingerprint density at radius 2 is 1.86 bits per heavy atom. The maximum Gasteiger partial charge on any atom is 0.407 e. The number of ether oxygens (including phenoxy) is 1. The van der Waals surface area contributed by atoms with E-state index in [-0.39, 0.29) is 35.8 Å². The van der Waals surface area contributed by atoms with Crippen molar-refractivity contribution in [3.63, 3.8) is 0 Å². The van der Waals surface area contributed by atoms with Crippen LogP contribution < -0.4 is 16.0 Å². The minimum Gasteiger partial charge on any atom is -0.444 e. The molecule has 9 heteroatoms. The molecule has 166 valence electrons. The lowest BCUT2D eigenvalue weighted by Gasteiger charge is -2.24. The number of likely N-dealkylation sites (N-methyl/N-ethyl adjacent to an activating group) is 1. The molecule has 0 aliphatic heterocycles. The molecule has 0 bridgehead atoms. The second-order valence-corrected chi connectivity index (χ2v) is 7.61. The predicted octanol–water partition coefficient (Wildman–Crippen LogP) is 3.13. The average molecular weight is 523 g/mol. The highest BCUT2D eigenvalue weighted by Crippen LogP contribution is 2.19. The number of carbonyl (C=O) groups excluding carboxylic acids is 1. The van der Waals surface area contributed by atoms with Crippen molar-refractivity contribution >= 4 is 36.0 Å². The van der Waals surface area contributed by atoms with Crippen LogP contribution >= 0.6 is 24.0 Å². The molecule has 0 radical (unpaired) electrons. The maximum absolute atomic E-state index is 13.6. The number of alkyl carbamates (subject to hydrolysis) is 1. The number of aliphatic imine (C=N–C) groups is 1. The first kappa shape index (κ1) is 27.4. The van der Waals surface area contributed by atoms with Crippen LogP contribution in [0.4, 0.5) is 9.18 Å². The molecule has 1 amide bonds. The zero-order chi connectivity index (χ0) is 21.2. The molecule has 0 heterocycles. The first-order valence-electron chi connectivity index (χ1n) is 9.53. The van der Waals surface area contributed by atoms with Gasteiger partial charge in [-0.3, -0.25) is 4.99 Å². The van der Waals surface area contributed by atoms with E-state index < -0.39 is 11.7 Å². The fourth-order valence-corrected chi connectivity index (χ4v) is 2.46. The highest BCUT2D eigenvalue weighted by Gasteiger charge is 2.16. The summed E-state index contributed by atoms with van der Waals surface area (Å²) >= 11 is 0. The molecule has 3 N–H and O–H groups in total. The summed E-state index contributed by atoms with van der Waals surface area (Å²) in [5.41, 5.74) is 0.350. The number of benzene rings is 1. The Morgan fingerprint density at radius 1 is 1.21 bits per heavy atom. The van der Waals surface area contributed by atoms with Crippen molar-refractivity contribution in [2.75, 3.05) is 40.3 Å². The number of nitrogens with zero attached hydrogens (tertiary/aromatic N) is 2. The highest BCUT2D eigenvalue weighted by molar-refractivity contribution is 14.0. The van der Waals surface area contributed by atoms with E-state index in [2.05, 4.69) is 20.9 Å². The van der Waals surface area contributed by atoms with Crippen molar-refractivity contribution in [3.8, 4) is 0 Å². The molecular formula is C20H35FIN5O2. The van der Waals surface area contributed by atoms with Crippen LogP contribution in [0.1, 0.15) is 39.3 Å². The second kappa shape index (κ2) is 13.6. The van der Waals surface area contributed by atoms with Gasteiger partial charge in [0, 0.05) is 19.6 Å². The van der Waals surface area contributed by atoms with Crippen LogP contribution in [0.25, 0.3) is 0 Å². The summed E-state index contributed by atoms with van der Waals surface area (Å²) in [7, 11) is 3.88. The van der Waals surface area contributed by atoms with E-state index in [0.717, 1.165) is 5.56 Å². The monoisotopic (exact) mass is 523 g/mol. The van der Waals surface area contributed by atoms with E-state index >= 15 is 0 Å². The quantitative estimate of drug-likeness (QED) is 0.211. The Morgan fingerprint density at radius 3 is 2.41 bits per heavy atom. The van der Waals surface area contributed by atoms with Gasteiger partial charge in [-0.1, -0.05) is 12.1 Å². The van der Waals surface area contributed by atoms with Crippen LogP contribution in [0.15, 0.2) is 29.3 Å². The molecule has 0 saturated carbocycles. The van der Waals surface area contributed by atoms with Gasteiger partial charge in [-0.05, 0) is 59.5 Å². The van der Waals surface area contributed by atoms with Gasteiger partial charge in [-0.25, -0.2) is 9.18 Å². The predicted molar refractivity (Wildman–Crippen MR) is 126 cm³/mol. The van der Waals surface area contributed by atoms with Gasteiger partial charge in [-0.15, -0.1) is 24.0 Å². The Hall–Kier alpha value is -1.62. The standard InChI is InChI=1S/C20H34FN5O2.HI/c1-7-22-18(23-11-12-24-19(27)28-20(2,3)4)25-14-17(26(5)6)15-9-8-10-16(21)13-15;/h8-10,13,17H,7,11-12,14H2,1-6H3,(H,24,27)(H2,22,23,25);1H. The number of nitrogens with one attached hydrogen (secondary N) is 3. The fourth-order valence-electron chi connectivity index (χ4n) is 2.46. The molecule has 1 rings (SSSR count). The first-order chi connectivity index (χ1) is 13.1. The minimum absolute atomic E-state index is 0. The molecule has 0 aromatic heterocycles. The third-order valence-electron chi connectivity index (χ3n) is 3.71. The lowest BCUT2D eigenvalue weighted by Crippen LogP contribution is -2.42. The maximum atomic E-state index is 13.6. The number of hydrogen-bond donors (Lipinski definition) is 3. The molecule has 0 saturated heterocycles. The average Bonchev–Trinajstić information content (AvgIpc) is 2.57. The lowest BCUT2D eigenvalue weighted by atomic mass is 10.1. The Labute approximate surface area is 190 Å². The van der Waals surface area contributed by atoms with Crippen LogP contribution in [-0.2, 0) is 4.74 Å².